The molecule has 148 valence electrons. The number of halogens is 2. The first-order valence-electron chi connectivity index (χ1n) is 9.32. The maximum Gasteiger partial charge on any atom is 0.337 e. The summed E-state index contributed by atoms with van der Waals surface area (Å²) in [4.78, 5) is 28.0. The molecule has 1 saturated carbocycles. The zero-order valence-corrected chi connectivity index (χ0v) is 16.9. The largest absolute Gasteiger partial charge is 0.478 e. The summed E-state index contributed by atoms with van der Waals surface area (Å²) in [6.07, 6.45) is 4.33. The molecule has 0 bridgehead atoms. The number of pyridine rings is 1. The van der Waals surface area contributed by atoms with E-state index in [4.69, 9.17) is 23.2 Å². The second kappa shape index (κ2) is 8.01. The van der Waals surface area contributed by atoms with Crippen LogP contribution in [0, 0.1) is 0 Å². The molecule has 0 aliphatic heterocycles. The summed E-state index contributed by atoms with van der Waals surface area (Å²) in [7, 11) is 0. The number of hydrogen-bond acceptors (Lipinski definition) is 4. The van der Waals surface area contributed by atoms with E-state index in [9.17, 15) is 14.7 Å². The van der Waals surface area contributed by atoms with Crippen LogP contribution in [0.3, 0.4) is 0 Å². The maximum absolute atomic E-state index is 11.7. The topological polar surface area (TPSA) is 79.3 Å². The van der Waals surface area contributed by atoms with Gasteiger partial charge < -0.3 is 10.4 Å². The Bertz CT molecular complexity index is 1120. The van der Waals surface area contributed by atoms with E-state index >= 15 is 0 Å². The summed E-state index contributed by atoms with van der Waals surface area (Å²) in [6, 6.07) is 10.1. The van der Waals surface area contributed by atoms with Gasteiger partial charge >= 0.3 is 5.97 Å². The molecule has 1 aliphatic rings. The first-order valence-corrected chi connectivity index (χ1v) is 10.1. The second-order valence-corrected chi connectivity index (χ2v) is 8.00. The smallest absolute Gasteiger partial charge is 0.337 e. The van der Waals surface area contributed by atoms with Gasteiger partial charge in [-0.2, -0.15) is 0 Å². The lowest BCUT2D eigenvalue weighted by Gasteiger charge is -2.25. The summed E-state index contributed by atoms with van der Waals surface area (Å²) in [5, 5.41) is 14.5. The average molecular weight is 429 g/mol. The minimum Gasteiger partial charge on any atom is -0.478 e. The fourth-order valence-corrected chi connectivity index (χ4v) is 4.23. The van der Waals surface area contributed by atoms with Crippen LogP contribution in [0.4, 0.5) is 11.4 Å². The van der Waals surface area contributed by atoms with Crippen LogP contribution >= 0.6 is 23.2 Å². The van der Waals surface area contributed by atoms with Crippen molar-refractivity contribution in [3.05, 3.63) is 63.8 Å². The lowest BCUT2D eigenvalue weighted by Crippen LogP contribution is -2.14. The lowest BCUT2D eigenvalue weighted by molar-refractivity contribution is -0.120. The highest BCUT2D eigenvalue weighted by atomic mass is 35.5. The number of carboxylic acids is 1. The number of anilines is 2. The van der Waals surface area contributed by atoms with Gasteiger partial charge in [0.2, 0.25) is 0 Å². The molecule has 1 fully saturated rings. The highest BCUT2D eigenvalue weighted by molar-refractivity contribution is 6.34. The highest BCUT2D eigenvalue weighted by Gasteiger charge is 2.25. The fraction of sp³-hybridized carbons (Fsp3) is 0.227. The minimum absolute atomic E-state index is 0.0780. The number of nitrogens with one attached hydrogen (secondary N) is 1. The summed E-state index contributed by atoms with van der Waals surface area (Å²) in [5.41, 5.74) is 2.80. The maximum atomic E-state index is 11.7. The highest BCUT2D eigenvalue weighted by Crippen LogP contribution is 2.41. The Balaban J connectivity index is 1.90. The van der Waals surface area contributed by atoms with Crippen LogP contribution in [0.2, 0.25) is 10.0 Å². The van der Waals surface area contributed by atoms with Gasteiger partial charge in [-0.1, -0.05) is 29.3 Å². The predicted octanol–water partition coefficient (Wildman–Crippen LogP) is 6.21. The summed E-state index contributed by atoms with van der Waals surface area (Å²) >= 11 is 12.6. The second-order valence-electron chi connectivity index (χ2n) is 7.16. The number of hydrogen-bond donors (Lipinski definition) is 2. The molecule has 0 unspecified atom stereocenters. The number of carboxylic acid groups (broad SMARTS) is 1. The Labute approximate surface area is 177 Å². The Hall–Kier alpha value is -2.63. The summed E-state index contributed by atoms with van der Waals surface area (Å²) in [6.45, 7) is 0. The quantitative estimate of drug-likeness (QED) is 0.516. The molecule has 0 radical (unpaired) electrons. The molecule has 0 atom stereocenters. The zero-order valence-electron chi connectivity index (χ0n) is 15.4. The molecule has 1 heterocycles. The molecule has 2 aromatic carbocycles. The number of ketones is 1. The molecule has 0 amide bonds. The van der Waals surface area contributed by atoms with Gasteiger partial charge in [0.05, 0.1) is 27.5 Å². The van der Waals surface area contributed by atoms with Gasteiger partial charge in [-0.05, 0) is 54.7 Å². The first-order chi connectivity index (χ1) is 13.9. The van der Waals surface area contributed by atoms with Crippen LogP contribution in [-0.4, -0.2) is 21.8 Å². The van der Waals surface area contributed by atoms with Crippen molar-refractivity contribution in [2.75, 3.05) is 5.32 Å². The standard InChI is InChI=1S/C22H18Cl2N2O3/c23-13-6-9-19-16(10-13)20(17(11-25-19)12-4-7-14(27)8-5-12)26-21-15(22(28)29)2-1-3-18(21)24/h1-3,6,9-12H,4-5,7-8H2,(H,25,26)(H,28,29). The number of nitrogens with zero attached hydrogens (tertiary/aromatic N) is 1. The molecular weight excluding hydrogens is 411 g/mol. The number of para-hydroxylation sites is 1. The van der Waals surface area contributed by atoms with Crippen molar-refractivity contribution < 1.29 is 14.7 Å². The van der Waals surface area contributed by atoms with Crippen molar-refractivity contribution >= 4 is 57.2 Å². The zero-order chi connectivity index (χ0) is 20.5. The van der Waals surface area contributed by atoms with Crippen molar-refractivity contribution in [1.82, 2.24) is 4.98 Å². The number of carbonyl (C=O) groups is 2. The van der Waals surface area contributed by atoms with Crippen molar-refractivity contribution in [2.45, 2.75) is 31.6 Å². The summed E-state index contributed by atoms with van der Waals surface area (Å²) in [5.74, 6) is -0.662. The van der Waals surface area contributed by atoms with E-state index in [1.54, 1.807) is 30.5 Å². The Morgan fingerprint density at radius 2 is 1.86 bits per heavy atom. The number of fused-ring (bicyclic) bond motifs is 1. The predicted molar refractivity (Wildman–Crippen MR) is 115 cm³/mol. The molecule has 2 N–H and O–H groups in total. The molecule has 1 aliphatic carbocycles. The van der Waals surface area contributed by atoms with Crippen molar-refractivity contribution in [3.63, 3.8) is 0 Å². The van der Waals surface area contributed by atoms with Gasteiger partial charge in [-0.25, -0.2) is 4.79 Å². The molecule has 7 heteroatoms. The van der Waals surface area contributed by atoms with Gasteiger partial charge in [0.25, 0.3) is 0 Å². The first kappa shape index (κ1) is 19.7. The van der Waals surface area contributed by atoms with Gasteiger partial charge in [0.15, 0.2) is 0 Å². The van der Waals surface area contributed by atoms with Crippen LogP contribution in [0.1, 0.15) is 47.5 Å². The number of benzene rings is 2. The van der Waals surface area contributed by atoms with E-state index in [-0.39, 0.29) is 17.3 Å². The van der Waals surface area contributed by atoms with E-state index in [2.05, 4.69) is 10.3 Å². The monoisotopic (exact) mass is 428 g/mol. The number of aromatic nitrogens is 1. The SMILES string of the molecule is O=C1CCC(c2cnc3ccc(Cl)cc3c2Nc2c(Cl)cccc2C(=O)O)CC1. The normalized spacial score (nSPS) is 14.9. The fourth-order valence-electron chi connectivity index (χ4n) is 3.83. The van der Waals surface area contributed by atoms with Crippen molar-refractivity contribution in [3.8, 4) is 0 Å². The van der Waals surface area contributed by atoms with Gasteiger partial charge in [-0.3, -0.25) is 9.78 Å². The Morgan fingerprint density at radius 1 is 1.10 bits per heavy atom. The van der Waals surface area contributed by atoms with E-state index in [1.807, 2.05) is 6.07 Å². The van der Waals surface area contributed by atoms with E-state index < -0.39 is 5.97 Å². The van der Waals surface area contributed by atoms with Crippen molar-refractivity contribution in [2.24, 2.45) is 0 Å². The molecular formula is C22H18Cl2N2O3. The van der Waals surface area contributed by atoms with Gasteiger partial charge in [0.1, 0.15) is 5.78 Å². The van der Waals surface area contributed by atoms with Crippen LogP contribution in [0.15, 0.2) is 42.6 Å². The molecule has 0 spiro atoms. The van der Waals surface area contributed by atoms with E-state index in [1.165, 1.54) is 6.07 Å². The Kier molecular flexibility index (Phi) is 5.43. The number of Topliss-reactive ketones (excluding diaryl/α,β-unsaturated/α-hetero) is 1. The third kappa shape index (κ3) is 3.93. The Morgan fingerprint density at radius 3 is 2.59 bits per heavy atom. The molecule has 1 aromatic heterocycles. The molecule has 29 heavy (non-hydrogen) atoms. The third-order valence-corrected chi connectivity index (χ3v) is 5.89. The van der Waals surface area contributed by atoms with Crippen LogP contribution in [-0.2, 0) is 4.79 Å². The number of aromatic carboxylic acids is 1. The molecule has 4 rings (SSSR count). The molecule has 0 saturated heterocycles. The van der Waals surface area contributed by atoms with Gasteiger partial charge in [0, 0.05) is 29.4 Å². The van der Waals surface area contributed by atoms with E-state index in [0.717, 1.165) is 35.0 Å². The number of carbonyl (C=O) groups excluding carboxylic acids is 1. The average Bonchev–Trinajstić information content (AvgIpc) is 2.70. The molecule has 3 aromatic rings. The van der Waals surface area contributed by atoms with E-state index in [0.29, 0.717) is 28.6 Å². The third-order valence-electron chi connectivity index (χ3n) is 5.34. The van der Waals surface area contributed by atoms with Crippen LogP contribution in [0.5, 0.6) is 0 Å². The molecule has 5 nitrogen and oxygen atoms in total. The van der Waals surface area contributed by atoms with Crippen molar-refractivity contribution in [1.29, 1.82) is 0 Å². The lowest BCUT2D eigenvalue weighted by atomic mass is 9.83. The number of rotatable bonds is 4. The summed E-state index contributed by atoms with van der Waals surface area (Å²) < 4.78 is 0. The van der Waals surface area contributed by atoms with Crippen LogP contribution in [0.25, 0.3) is 10.9 Å². The minimum atomic E-state index is -1.07. The van der Waals surface area contributed by atoms with Gasteiger partial charge in [-0.15, -0.1) is 0 Å². The van der Waals surface area contributed by atoms with Crippen LogP contribution < -0.4 is 5.32 Å².